The third-order valence-electron chi connectivity index (χ3n) is 7.55. The van der Waals surface area contributed by atoms with E-state index in [1.807, 2.05) is 60.7 Å². The predicted molar refractivity (Wildman–Crippen MR) is 186 cm³/mol. The molecule has 0 amide bonds. The summed E-state index contributed by atoms with van der Waals surface area (Å²) in [6, 6.07) is 45.5. The van der Waals surface area contributed by atoms with Crippen LogP contribution in [0.2, 0.25) is 0 Å². The molecule has 0 atom stereocenters. The van der Waals surface area contributed by atoms with Crippen molar-refractivity contribution in [3.05, 3.63) is 178 Å². The van der Waals surface area contributed by atoms with Gasteiger partial charge in [0.2, 0.25) is 0 Å². The Labute approximate surface area is 269 Å². The highest BCUT2D eigenvalue weighted by molar-refractivity contribution is 5.82. The molecule has 0 aromatic heterocycles. The second-order valence-electron chi connectivity index (χ2n) is 10.7. The number of benzene rings is 6. The number of hydrogen-bond donors (Lipinski definition) is 0. The maximum absolute atomic E-state index is 10.9. The van der Waals surface area contributed by atoms with Crippen LogP contribution in [-0.4, -0.2) is 12.6 Å². The van der Waals surface area contributed by atoms with E-state index in [9.17, 15) is 9.59 Å². The van der Waals surface area contributed by atoms with E-state index in [-0.39, 0.29) is 0 Å². The molecule has 0 bridgehead atoms. The summed E-state index contributed by atoms with van der Waals surface area (Å²) < 4.78 is 0. The molecule has 0 aliphatic heterocycles. The molecule has 0 aliphatic carbocycles. The first kappa shape index (κ1) is 29.4. The molecule has 6 aromatic carbocycles. The summed E-state index contributed by atoms with van der Waals surface area (Å²) in [7, 11) is 0. The topological polar surface area (TPSA) is 34.1 Å². The quantitative estimate of drug-likeness (QED) is 0.149. The summed E-state index contributed by atoms with van der Waals surface area (Å²) in [6.45, 7) is 0. The number of rotatable bonds is 5. The molecular formula is C44H26O2. The van der Waals surface area contributed by atoms with Crippen molar-refractivity contribution < 1.29 is 9.59 Å². The fourth-order valence-electron chi connectivity index (χ4n) is 4.96. The molecule has 0 aliphatic rings. The van der Waals surface area contributed by atoms with Crippen LogP contribution in [0.15, 0.2) is 140 Å². The first-order valence-corrected chi connectivity index (χ1v) is 14.7. The molecule has 0 saturated heterocycles. The van der Waals surface area contributed by atoms with E-state index in [0.717, 1.165) is 73.8 Å². The van der Waals surface area contributed by atoms with Crippen molar-refractivity contribution in [2.45, 2.75) is 0 Å². The first-order valence-electron chi connectivity index (χ1n) is 14.7. The SMILES string of the molecule is C#Cc1ccc(-c2cc(-c3ccc(C#Cc4ccc(C=O)cc4)cc3)cc(-c3ccc(C#Cc4ccc(C=O)cc4)cc3)c2)cc1. The van der Waals surface area contributed by atoms with Crippen LogP contribution in [0.4, 0.5) is 0 Å². The van der Waals surface area contributed by atoms with Crippen molar-refractivity contribution in [3.63, 3.8) is 0 Å². The summed E-state index contributed by atoms with van der Waals surface area (Å²) in [5.74, 6) is 15.5. The van der Waals surface area contributed by atoms with Gasteiger partial charge in [-0.2, -0.15) is 0 Å². The van der Waals surface area contributed by atoms with Crippen molar-refractivity contribution >= 4 is 12.6 Å². The van der Waals surface area contributed by atoms with Crippen LogP contribution in [0.1, 0.15) is 48.5 Å². The Morgan fingerprint density at radius 3 is 0.870 bits per heavy atom. The molecule has 46 heavy (non-hydrogen) atoms. The van der Waals surface area contributed by atoms with Crippen LogP contribution in [0.5, 0.6) is 0 Å². The van der Waals surface area contributed by atoms with E-state index < -0.39 is 0 Å². The maximum Gasteiger partial charge on any atom is 0.150 e. The fraction of sp³-hybridized carbons (Fsp3) is 0. The molecule has 0 heterocycles. The first-order chi connectivity index (χ1) is 22.6. The van der Waals surface area contributed by atoms with Gasteiger partial charge in [-0.1, -0.05) is 90.3 Å². The maximum atomic E-state index is 10.9. The standard InChI is InChI=1S/C44H26O2/c1-2-32-15-21-39(22-16-32)42-27-43(40-23-17-35(18-24-40)5-3-33-7-11-37(30-45)12-8-33)29-44(28-42)41-25-19-36(20-26-41)6-4-34-9-13-38(31-46)14-10-34/h1,7-31H. The third kappa shape index (κ3) is 7.10. The number of hydrogen-bond acceptors (Lipinski definition) is 2. The van der Waals surface area contributed by atoms with Crippen molar-refractivity contribution in [3.8, 4) is 69.4 Å². The molecule has 0 N–H and O–H groups in total. The Morgan fingerprint density at radius 1 is 0.348 bits per heavy atom. The molecule has 0 fully saturated rings. The van der Waals surface area contributed by atoms with Crippen LogP contribution in [0.3, 0.4) is 0 Å². The van der Waals surface area contributed by atoms with E-state index in [4.69, 9.17) is 6.42 Å². The van der Waals surface area contributed by atoms with Gasteiger partial charge >= 0.3 is 0 Å². The minimum absolute atomic E-state index is 0.631. The molecule has 6 rings (SSSR count). The minimum atomic E-state index is 0.631. The zero-order chi connectivity index (χ0) is 31.7. The normalized spacial score (nSPS) is 9.98. The minimum Gasteiger partial charge on any atom is -0.298 e. The summed E-state index contributed by atoms with van der Waals surface area (Å²) in [6.07, 6.45) is 7.25. The van der Waals surface area contributed by atoms with E-state index in [1.54, 1.807) is 24.3 Å². The largest absolute Gasteiger partial charge is 0.298 e. The lowest BCUT2D eigenvalue weighted by molar-refractivity contribution is 0.111. The lowest BCUT2D eigenvalue weighted by Crippen LogP contribution is -1.87. The van der Waals surface area contributed by atoms with E-state index >= 15 is 0 Å². The third-order valence-corrected chi connectivity index (χ3v) is 7.55. The van der Waals surface area contributed by atoms with E-state index in [1.165, 1.54) is 0 Å². The van der Waals surface area contributed by atoms with Crippen molar-refractivity contribution in [2.75, 3.05) is 0 Å². The smallest absolute Gasteiger partial charge is 0.150 e. The zero-order valence-corrected chi connectivity index (χ0v) is 24.8. The van der Waals surface area contributed by atoms with Crippen LogP contribution < -0.4 is 0 Å². The Kier molecular flexibility index (Phi) is 8.80. The van der Waals surface area contributed by atoms with Gasteiger partial charge in [-0.25, -0.2) is 0 Å². The van der Waals surface area contributed by atoms with Gasteiger partial charge in [0.15, 0.2) is 0 Å². The van der Waals surface area contributed by atoms with Gasteiger partial charge in [0.25, 0.3) is 0 Å². The highest BCUT2D eigenvalue weighted by atomic mass is 16.1. The van der Waals surface area contributed by atoms with Crippen LogP contribution in [-0.2, 0) is 0 Å². The second-order valence-corrected chi connectivity index (χ2v) is 10.7. The summed E-state index contributed by atoms with van der Waals surface area (Å²) in [5.41, 5.74) is 12.1. The van der Waals surface area contributed by atoms with Crippen LogP contribution in [0.25, 0.3) is 33.4 Å². The number of aldehydes is 2. The highest BCUT2D eigenvalue weighted by Crippen LogP contribution is 2.33. The lowest BCUT2D eigenvalue weighted by Gasteiger charge is -2.12. The molecule has 0 spiro atoms. The molecule has 214 valence electrons. The molecule has 0 radical (unpaired) electrons. The Hall–Kier alpha value is -6.66. The van der Waals surface area contributed by atoms with Gasteiger partial charge < -0.3 is 0 Å². The van der Waals surface area contributed by atoms with Gasteiger partial charge in [0.05, 0.1) is 0 Å². The Balaban J connectivity index is 1.31. The molecular weight excluding hydrogens is 560 g/mol. The van der Waals surface area contributed by atoms with Crippen LogP contribution >= 0.6 is 0 Å². The zero-order valence-electron chi connectivity index (χ0n) is 24.8. The monoisotopic (exact) mass is 586 g/mol. The average molecular weight is 587 g/mol. The van der Waals surface area contributed by atoms with Gasteiger partial charge in [-0.15, -0.1) is 6.42 Å². The van der Waals surface area contributed by atoms with Crippen LogP contribution in [0, 0.1) is 36.0 Å². The predicted octanol–water partition coefficient (Wildman–Crippen LogP) is 9.09. The van der Waals surface area contributed by atoms with Gasteiger partial charge in [-0.05, 0) is 112 Å². The summed E-state index contributed by atoms with van der Waals surface area (Å²) in [4.78, 5) is 21.8. The Morgan fingerprint density at radius 2 is 0.609 bits per heavy atom. The summed E-state index contributed by atoms with van der Waals surface area (Å²) in [5, 5.41) is 0. The molecule has 0 saturated carbocycles. The van der Waals surface area contributed by atoms with E-state index in [2.05, 4.69) is 84.2 Å². The molecule has 2 heteroatoms. The Bertz CT molecular complexity index is 2060. The number of carbonyl (C=O) groups is 2. The fourth-order valence-corrected chi connectivity index (χ4v) is 4.96. The van der Waals surface area contributed by atoms with Crippen molar-refractivity contribution in [2.24, 2.45) is 0 Å². The second kappa shape index (κ2) is 13.8. The van der Waals surface area contributed by atoms with Gasteiger partial charge in [0, 0.05) is 38.9 Å². The number of terminal acetylenes is 1. The van der Waals surface area contributed by atoms with Crippen molar-refractivity contribution in [1.29, 1.82) is 0 Å². The highest BCUT2D eigenvalue weighted by Gasteiger charge is 2.08. The molecule has 0 unspecified atom stereocenters. The van der Waals surface area contributed by atoms with Crippen molar-refractivity contribution in [1.82, 2.24) is 0 Å². The number of carbonyl (C=O) groups excluding carboxylic acids is 2. The van der Waals surface area contributed by atoms with Gasteiger partial charge in [-0.3, -0.25) is 9.59 Å². The van der Waals surface area contributed by atoms with E-state index in [0.29, 0.717) is 11.1 Å². The molecule has 2 nitrogen and oxygen atoms in total. The average Bonchev–Trinajstić information content (AvgIpc) is 3.14. The van der Waals surface area contributed by atoms with Gasteiger partial charge in [0.1, 0.15) is 12.6 Å². The summed E-state index contributed by atoms with van der Waals surface area (Å²) >= 11 is 0. The lowest BCUT2D eigenvalue weighted by atomic mass is 9.92. The molecule has 6 aromatic rings.